The molecule has 2 rings (SSSR count). The molecule has 1 aromatic carbocycles. The number of hydrogen-bond acceptors (Lipinski definition) is 2. The number of aliphatic carboxylic acids is 1. The van der Waals surface area contributed by atoms with E-state index >= 15 is 0 Å². The van der Waals surface area contributed by atoms with E-state index in [4.69, 9.17) is 5.11 Å². The monoisotopic (exact) mass is 216 g/mol. The molecule has 0 fully saturated rings. The van der Waals surface area contributed by atoms with Crippen molar-refractivity contribution in [3.05, 3.63) is 54.1 Å². The minimum atomic E-state index is -1.75. The van der Waals surface area contributed by atoms with E-state index < -0.39 is 11.6 Å². The van der Waals surface area contributed by atoms with Crippen molar-refractivity contribution in [3.8, 4) is 0 Å². The van der Waals surface area contributed by atoms with Crippen molar-refractivity contribution in [2.75, 3.05) is 0 Å². The van der Waals surface area contributed by atoms with Gasteiger partial charge in [-0.3, -0.25) is 0 Å². The SMILES string of the molecule is O=C(O)C1(O)C=CC(c2ccccc2)=CC1. The van der Waals surface area contributed by atoms with E-state index in [9.17, 15) is 9.90 Å². The van der Waals surface area contributed by atoms with Gasteiger partial charge in [-0.15, -0.1) is 0 Å². The molecular weight excluding hydrogens is 204 g/mol. The van der Waals surface area contributed by atoms with Crippen molar-refractivity contribution in [3.63, 3.8) is 0 Å². The minimum absolute atomic E-state index is 0.100. The molecule has 1 aromatic rings. The summed E-state index contributed by atoms with van der Waals surface area (Å²) in [6.45, 7) is 0. The molecule has 1 atom stereocenters. The fourth-order valence-electron chi connectivity index (χ4n) is 1.63. The van der Waals surface area contributed by atoms with Gasteiger partial charge in [-0.05, 0) is 17.2 Å². The van der Waals surface area contributed by atoms with Crippen LogP contribution in [-0.4, -0.2) is 21.8 Å². The Morgan fingerprint density at radius 3 is 2.44 bits per heavy atom. The van der Waals surface area contributed by atoms with Gasteiger partial charge in [0, 0.05) is 6.42 Å². The lowest BCUT2D eigenvalue weighted by Gasteiger charge is -2.21. The van der Waals surface area contributed by atoms with Crippen LogP contribution in [0.4, 0.5) is 0 Å². The Hall–Kier alpha value is -1.87. The molecule has 0 bridgehead atoms. The van der Waals surface area contributed by atoms with E-state index in [0.717, 1.165) is 11.1 Å². The second kappa shape index (κ2) is 3.94. The molecule has 1 aliphatic rings. The molecule has 82 valence electrons. The number of hydrogen-bond donors (Lipinski definition) is 2. The fraction of sp³-hybridized carbons (Fsp3) is 0.154. The zero-order chi connectivity index (χ0) is 11.6. The van der Waals surface area contributed by atoms with Crippen LogP contribution >= 0.6 is 0 Å². The quantitative estimate of drug-likeness (QED) is 0.793. The molecule has 3 nitrogen and oxygen atoms in total. The first kappa shape index (κ1) is 10.6. The average Bonchev–Trinajstić information content (AvgIpc) is 2.31. The van der Waals surface area contributed by atoms with E-state index in [0.29, 0.717) is 0 Å². The number of allylic oxidation sites excluding steroid dienone is 2. The summed E-state index contributed by atoms with van der Waals surface area (Å²) in [7, 11) is 0. The number of carboxylic acid groups (broad SMARTS) is 1. The van der Waals surface area contributed by atoms with Crippen LogP contribution in [0.2, 0.25) is 0 Å². The van der Waals surface area contributed by atoms with Crippen LogP contribution in [0.3, 0.4) is 0 Å². The second-order valence-corrected chi connectivity index (χ2v) is 3.79. The molecular formula is C13H12O3. The zero-order valence-corrected chi connectivity index (χ0v) is 8.63. The molecule has 0 saturated heterocycles. The molecule has 0 spiro atoms. The highest BCUT2D eigenvalue weighted by Crippen LogP contribution is 2.26. The highest BCUT2D eigenvalue weighted by molar-refractivity contribution is 5.85. The Kier molecular flexibility index (Phi) is 2.62. The second-order valence-electron chi connectivity index (χ2n) is 3.79. The third-order valence-electron chi connectivity index (χ3n) is 2.65. The van der Waals surface area contributed by atoms with E-state index in [1.165, 1.54) is 6.08 Å². The van der Waals surface area contributed by atoms with Crippen molar-refractivity contribution >= 4 is 11.5 Å². The first-order valence-corrected chi connectivity index (χ1v) is 5.02. The molecule has 0 heterocycles. The van der Waals surface area contributed by atoms with Gasteiger partial charge in [-0.25, -0.2) is 4.79 Å². The van der Waals surface area contributed by atoms with E-state index in [2.05, 4.69) is 0 Å². The molecule has 1 unspecified atom stereocenters. The predicted molar refractivity (Wildman–Crippen MR) is 60.8 cm³/mol. The summed E-state index contributed by atoms with van der Waals surface area (Å²) in [6.07, 6.45) is 4.82. The first-order valence-electron chi connectivity index (χ1n) is 5.02. The van der Waals surface area contributed by atoms with Gasteiger partial charge in [0.15, 0.2) is 5.60 Å². The standard InChI is InChI=1S/C13H12O3/c14-12(15)13(16)8-6-11(7-9-13)10-4-2-1-3-5-10/h1-8,16H,9H2,(H,14,15). The van der Waals surface area contributed by atoms with Gasteiger partial charge in [-0.2, -0.15) is 0 Å². The number of rotatable bonds is 2. The molecule has 0 amide bonds. The Balaban J connectivity index is 2.23. The Morgan fingerprint density at radius 1 is 1.25 bits per heavy atom. The average molecular weight is 216 g/mol. The maximum atomic E-state index is 10.8. The van der Waals surface area contributed by atoms with Crippen LogP contribution in [0, 0.1) is 0 Å². The lowest BCUT2D eigenvalue weighted by atomic mass is 9.90. The smallest absolute Gasteiger partial charge is 0.340 e. The first-order chi connectivity index (χ1) is 7.62. The van der Waals surface area contributed by atoms with Crippen molar-refractivity contribution in [2.24, 2.45) is 0 Å². The van der Waals surface area contributed by atoms with Crippen LogP contribution in [0.5, 0.6) is 0 Å². The van der Waals surface area contributed by atoms with Gasteiger partial charge in [-0.1, -0.05) is 42.5 Å². The number of carbonyl (C=O) groups is 1. The van der Waals surface area contributed by atoms with Gasteiger partial charge >= 0.3 is 5.97 Å². The minimum Gasteiger partial charge on any atom is -0.479 e. The van der Waals surface area contributed by atoms with E-state index in [1.54, 1.807) is 12.2 Å². The Morgan fingerprint density at radius 2 is 1.94 bits per heavy atom. The molecule has 0 radical (unpaired) electrons. The molecule has 0 aliphatic heterocycles. The molecule has 2 N–H and O–H groups in total. The lowest BCUT2D eigenvalue weighted by Crippen LogP contribution is -2.36. The molecule has 16 heavy (non-hydrogen) atoms. The number of aliphatic hydroxyl groups is 1. The van der Waals surface area contributed by atoms with E-state index in [-0.39, 0.29) is 6.42 Å². The number of benzene rings is 1. The highest BCUT2D eigenvalue weighted by Gasteiger charge is 2.33. The molecule has 0 aromatic heterocycles. The van der Waals surface area contributed by atoms with Crippen LogP contribution in [0.1, 0.15) is 12.0 Å². The zero-order valence-electron chi connectivity index (χ0n) is 8.63. The summed E-state index contributed by atoms with van der Waals surface area (Å²) in [6, 6.07) is 9.65. The summed E-state index contributed by atoms with van der Waals surface area (Å²) in [5.74, 6) is -1.22. The van der Waals surface area contributed by atoms with Crippen molar-refractivity contribution < 1.29 is 15.0 Å². The lowest BCUT2D eigenvalue weighted by molar-refractivity contribution is -0.153. The predicted octanol–water partition coefficient (Wildman–Crippen LogP) is 1.85. The van der Waals surface area contributed by atoms with Crippen LogP contribution in [0.25, 0.3) is 5.57 Å². The van der Waals surface area contributed by atoms with Gasteiger partial charge in [0.1, 0.15) is 0 Å². The summed E-state index contributed by atoms with van der Waals surface area (Å²) in [5.41, 5.74) is 0.205. The Labute approximate surface area is 93.4 Å². The summed E-state index contributed by atoms with van der Waals surface area (Å²) in [5, 5.41) is 18.5. The largest absolute Gasteiger partial charge is 0.479 e. The normalized spacial score (nSPS) is 23.9. The maximum absolute atomic E-state index is 10.8. The summed E-state index contributed by atoms with van der Waals surface area (Å²) < 4.78 is 0. The topological polar surface area (TPSA) is 57.5 Å². The fourth-order valence-corrected chi connectivity index (χ4v) is 1.63. The summed E-state index contributed by atoms with van der Waals surface area (Å²) in [4.78, 5) is 10.8. The Bertz CT molecular complexity index is 459. The van der Waals surface area contributed by atoms with Crippen LogP contribution in [-0.2, 0) is 4.79 Å². The maximum Gasteiger partial charge on any atom is 0.340 e. The third-order valence-corrected chi connectivity index (χ3v) is 2.65. The van der Waals surface area contributed by atoms with Crippen molar-refractivity contribution in [1.82, 2.24) is 0 Å². The van der Waals surface area contributed by atoms with E-state index in [1.807, 2.05) is 30.3 Å². The van der Waals surface area contributed by atoms with Crippen LogP contribution < -0.4 is 0 Å². The summed E-state index contributed by atoms with van der Waals surface area (Å²) >= 11 is 0. The molecule has 1 aliphatic carbocycles. The third kappa shape index (κ3) is 1.90. The van der Waals surface area contributed by atoms with Gasteiger partial charge in [0.2, 0.25) is 0 Å². The van der Waals surface area contributed by atoms with Crippen molar-refractivity contribution in [1.29, 1.82) is 0 Å². The van der Waals surface area contributed by atoms with Gasteiger partial charge in [0.25, 0.3) is 0 Å². The molecule has 0 saturated carbocycles. The highest BCUT2D eigenvalue weighted by atomic mass is 16.4. The van der Waals surface area contributed by atoms with Gasteiger partial charge in [0.05, 0.1) is 0 Å². The molecule has 3 heteroatoms. The van der Waals surface area contributed by atoms with Gasteiger partial charge < -0.3 is 10.2 Å². The van der Waals surface area contributed by atoms with Crippen LogP contribution in [0.15, 0.2) is 48.6 Å². The number of carboxylic acids is 1. The van der Waals surface area contributed by atoms with Crippen molar-refractivity contribution in [2.45, 2.75) is 12.0 Å².